The maximum atomic E-state index is 13.4. The number of hydrazone groups is 1. The van der Waals surface area contributed by atoms with E-state index >= 15 is 0 Å². The first-order chi connectivity index (χ1) is 13.0. The predicted molar refractivity (Wildman–Crippen MR) is 102 cm³/mol. The van der Waals surface area contributed by atoms with Gasteiger partial charge in [0.05, 0.1) is 19.0 Å². The number of hydrogen-bond donors (Lipinski definition) is 2. The first-order valence-electron chi connectivity index (χ1n) is 7.91. The van der Waals surface area contributed by atoms with Crippen molar-refractivity contribution in [2.24, 2.45) is 5.10 Å². The number of aromatic hydroxyl groups is 1. The summed E-state index contributed by atoms with van der Waals surface area (Å²) in [6, 6.07) is 10.8. The quantitative estimate of drug-likeness (QED) is 0.518. The van der Waals surface area contributed by atoms with Crippen molar-refractivity contribution in [3.05, 3.63) is 64.4 Å². The summed E-state index contributed by atoms with van der Waals surface area (Å²) in [5, 5.41) is 14.2. The number of rotatable bonds is 5. The number of carbonyl (C=O) groups excluding carboxylic acids is 1. The highest BCUT2D eigenvalue weighted by Crippen LogP contribution is 2.28. The smallest absolute Gasteiger partial charge is 0.283 e. The highest BCUT2D eigenvalue weighted by atomic mass is 32.1. The van der Waals surface area contributed by atoms with Crippen LogP contribution < -0.4 is 10.2 Å². The second-order valence-corrected chi connectivity index (χ2v) is 6.57. The molecule has 3 rings (SSSR count). The fourth-order valence-corrected chi connectivity index (χ4v) is 3.31. The zero-order chi connectivity index (χ0) is 19.4. The molecule has 1 heterocycles. The number of hydrogen-bond acceptors (Lipinski definition) is 6. The molecule has 0 aliphatic carbocycles. The van der Waals surface area contributed by atoms with Crippen molar-refractivity contribution >= 4 is 23.5 Å². The average Bonchev–Trinajstić information content (AvgIpc) is 3.04. The number of aryl methyl sites for hydroxylation is 1. The van der Waals surface area contributed by atoms with Gasteiger partial charge in [-0.15, -0.1) is 11.3 Å². The number of methoxy groups -OCH3 is 1. The van der Waals surface area contributed by atoms with E-state index in [1.54, 1.807) is 31.2 Å². The number of ether oxygens (including phenoxy) is 1. The topological polar surface area (TPSA) is 83.8 Å². The van der Waals surface area contributed by atoms with Crippen molar-refractivity contribution in [3.8, 4) is 22.1 Å². The molecule has 0 aliphatic heterocycles. The first kappa shape index (κ1) is 18.5. The molecular weight excluding hydrogens is 369 g/mol. The van der Waals surface area contributed by atoms with Gasteiger partial charge < -0.3 is 9.84 Å². The molecule has 1 amide bonds. The zero-order valence-corrected chi connectivity index (χ0v) is 15.4. The molecule has 2 aromatic carbocycles. The molecule has 27 heavy (non-hydrogen) atoms. The van der Waals surface area contributed by atoms with E-state index in [2.05, 4.69) is 15.5 Å². The number of phenolic OH excluding ortho intramolecular Hbond substituents is 1. The van der Waals surface area contributed by atoms with Crippen molar-refractivity contribution in [2.45, 2.75) is 6.92 Å². The Morgan fingerprint density at radius 2 is 2.15 bits per heavy atom. The first-order valence-corrected chi connectivity index (χ1v) is 8.73. The lowest BCUT2D eigenvalue weighted by molar-refractivity contribution is 0.0958. The summed E-state index contributed by atoms with van der Waals surface area (Å²) in [4.78, 5) is 17.1. The van der Waals surface area contributed by atoms with Crippen molar-refractivity contribution in [1.29, 1.82) is 0 Å². The van der Waals surface area contributed by atoms with Crippen molar-refractivity contribution in [1.82, 2.24) is 10.4 Å². The lowest BCUT2D eigenvalue weighted by Gasteiger charge is -2.03. The van der Waals surface area contributed by atoms with E-state index in [0.717, 1.165) is 11.3 Å². The Morgan fingerprint density at radius 3 is 2.85 bits per heavy atom. The average molecular weight is 385 g/mol. The van der Waals surface area contributed by atoms with Crippen LogP contribution in [0.3, 0.4) is 0 Å². The third kappa shape index (κ3) is 4.29. The van der Waals surface area contributed by atoms with Gasteiger partial charge in [-0.25, -0.2) is 14.8 Å². The number of amides is 1. The van der Waals surface area contributed by atoms with Gasteiger partial charge in [-0.3, -0.25) is 4.79 Å². The van der Waals surface area contributed by atoms with E-state index < -0.39 is 5.91 Å². The Morgan fingerprint density at radius 1 is 1.33 bits per heavy atom. The van der Waals surface area contributed by atoms with Crippen LogP contribution in [0, 0.1) is 12.7 Å². The number of aromatic nitrogens is 1. The van der Waals surface area contributed by atoms with Crippen LogP contribution in [0.4, 0.5) is 4.39 Å². The summed E-state index contributed by atoms with van der Waals surface area (Å²) < 4.78 is 18.3. The van der Waals surface area contributed by atoms with Crippen LogP contribution in [-0.2, 0) is 0 Å². The molecule has 0 atom stereocenters. The van der Waals surface area contributed by atoms with Crippen LogP contribution in [-0.4, -0.2) is 29.3 Å². The van der Waals surface area contributed by atoms with Crippen LogP contribution in [0.5, 0.6) is 11.5 Å². The Kier molecular flexibility index (Phi) is 5.46. The maximum Gasteiger partial charge on any atom is 0.283 e. The third-order valence-corrected chi connectivity index (χ3v) is 4.86. The zero-order valence-electron chi connectivity index (χ0n) is 14.6. The van der Waals surface area contributed by atoms with Gasteiger partial charge in [0.1, 0.15) is 15.7 Å². The molecule has 0 unspecified atom stereocenters. The van der Waals surface area contributed by atoms with E-state index in [4.69, 9.17) is 4.74 Å². The largest absolute Gasteiger partial charge is 0.504 e. The molecule has 0 saturated heterocycles. The Hall–Kier alpha value is -3.26. The molecule has 0 bridgehead atoms. The summed E-state index contributed by atoms with van der Waals surface area (Å²) in [5.74, 6) is -0.451. The van der Waals surface area contributed by atoms with Gasteiger partial charge in [0, 0.05) is 5.56 Å². The molecule has 0 fully saturated rings. The number of phenols is 1. The molecule has 8 heteroatoms. The van der Waals surface area contributed by atoms with Crippen LogP contribution >= 0.6 is 11.3 Å². The summed E-state index contributed by atoms with van der Waals surface area (Å²) in [6.07, 6.45) is 1.40. The minimum Gasteiger partial charge on any atom is -0.504 e. The summed E-state index contributed by atoms with van der Waals surface area (Å²) >= 11 is 1.16. The SMILES string of the molecule is COc1ccc(/C=N/NC(=O)c2sc(-c3cccc(F)c3)nc2C)cc1O. The molecule has 2 N–H and O–H groups in total. The molecule has 3 aromatic rings. The van der Waals surface area contributed by atoms with E-state index in [1.807, 2.05) is 0 Å². The van der Waals surface area contributed by atoms with Crippen molar-refractivity contribution in [2.75, 3.05) is 7.11 Å². The monoisotopic (exact) mass is 385 g/mol. The third-order valence-electron chi connectivity index (χ3n) is 3.66. The molecule has 0 spiro atoms. The minimum absolute atomic E-state index is 0.0224. The number of nitrogens with one attached hydrogen (secondary N) is 1. The normalized spacial score (nSPS) is 10.9. The highest BCUT2D eigenvalue weighted by Gasteiger charge is 2.16. The van der Waals surface area contributed by atoms with Gasteiger partial charge in [0.15, 0.2) is 11.5 Å². The van der Waals surface area contributed by atoms with Crippen LogP contribution in [0.25, 0.3) is 10.6 Å². The standard InChI is InChI=1S/C19H16FN3O3S/c1-11-17(27-19(22-11)13-4-3-5-14(20)9-13)18(25)23-21-10-12-6-7-16(26-2)15(24)8-12/h3-10,24H,1-2H3,(H,23,25)/b21-10+. The van der Waals surface area contributed by atoms with Crippen LogP contribution in [0.1, 0.15) is 20.9 Å². The number of nitrogens with zero attached hydrogens (tertiary/aromatic N) is 2. The van der Waals surface area contributed by atoms with Gasteiger partial charge in [-0.2, -0.15) is 5.10 Å². The highest BCUT2D eigenvalue weighted by molar-refractivity contribution is 7.17. The molecular formula is C19H16FN3O3S. The number of benzene rings is 2. The number of thiazole rings is 1. The fourth-order valence-electron chi connectivity index (χ4n) is 2.36. The van der Waals surface area contributed by atoms with Gasteiger partial charge in [0.2, 0.25) is 0 Å². The van der Waals surface area contributed by atoms with Gasteiger partial charge in [-0.05, 0) is 42.8 Å². The Labute approximate surface area is 159 Å². The van der Waals surface area contributed by atoms with E-state index in [1.165, 1.54) is 31.5 Å². The van der Waals surface area contributed by atoms with Crippen LogP contribution in [0.15, 0.2) is 47.6 Å². The Balaban J connectivity index is 1.72. The summed E-state index contributed by atoms with van der Waals surface area (Å²) in [7, 11) is 1.46. The van der Waals surface area contributed by atoms with Gasteiger partial charge in [0.25, 0.3) is 5.91 Å². The second-order valence-electron chi connectivity index (χ2n) is 5.57. The second kappa shape index (κ2) is 7.96. The van der Waals surface area contributed by atoms with Gasteiger partial charge >= 0.3 is 0 Å². The Bertz CT molecular complexity index is 1020. The van der Waals surface area contributed by atoms with E-state index in [0.29, 0.717) is 32.5 Å². The minimum atomic E-state index is -0.415. The van der Waals surface area contributed by atoms with E-state index in [-0.39, 0.29) is 11.6 Å². The fraction of sp³-hybridized carbons (Fsp3) is 0.105. The predicted octanol–water partition coefficient (Wildman–Crippen LogP) is 3.74. The molecule has 138 valence electrons. The molecule has 1 aromatic heterocycles. The van der Waals surface area contributed by atoms with Crippen molar-refractivity contribution < 1.29 is 19.0 Å². The lowest BCUT2D eigenvalue weighted by Crippen LogP contribution is -2.17. The molecule has 6 nitrogen and oxygen atoms in total. The summed E-state index contributed by atoms with van der Waals surface area (Å²) in [6.45, 7) is 1.71. The van der Waals surface area contributed by atoms with E-state index in [9.17, 15) is 14.3 Å². The summed E-state index contributed by atoms with van der Waals surface area (Å²) in [5.41, 5.74) is 4.17. The molecule has 0 radical (unpaired) electrons. The lowest BCUT2D eigenvalue weighted by atomic mass is 10.2. The van der Waals surface area contributed by atoms with Gasteiger partial charge in [-0.1, -0.05) is 12.1 Å². The molecule has 0 saturated carbocycles. The number of carbonyl (C=O) groups is 1. The van der Waals surface area contributed by atoms with Crippen molar-refractivity contribution in [3.63, 3.8) is 0 Å². The van der Waals surface area contributed by atoms with Crippen LogP contribution in [0.2, 0.25) is 0 Å². The number of halogens is 1. The maximum absolute atomic E-state index is 13.4. The molecule has 0 aliphatic rings.